The normalized spacial score (nSPS) is 15.6. The van der Waals surface area contributed by atoms with Gasteiger partial charge >= 0.3 is 0 Å². The highest BCUT2D eigenvalue weighted by molar-refractivity contribution is 5.86. The molecule has 282 valence electrons. The van der Waals surface area contributed by atoms with Crippen LogP contribution in [0.1, 0.15) is 79.5 Å². The predicted octanol–water partition coefficient (Wildman–Crippen LogP) is 13.6. The van der Waals surface area contributed by atoms with Crippen molar-refractivity contribution in [2.75, 3.05) is 0 Å². The van der Waals surface area contributed by atoms with Gasteiger partial charge in [-0.25, -0.2) is 15.0 Å². The molecular weight excluding hydrogens is 703 g/mol. The van der Waals surface area contributed by atoms with Crippen LogP contribution in [0.4, 0.5) is 0 Å². The fourth-order valence-electron chi connectivity index (χ4n) is 9.79. The summed E-state index contributed by atoms with van der Waals surface area (Å²) in [4.78, 5) is 16.1. The average Bonchev–Trinajstić information content (AvgIpc) is 3.57. The molecule has 0 atom stereocenters. The third-order valence-corrected chi connectivity index (χ3v) is 13.0. The van der Waals surface area contributed by atoms with Crippen molar-refractivity contribution >= 4 is 0 Å². The minimum atomic E-state index is -0.527. The van der Waals surface area contributed by atoms with E-state index >= 15 is 0 Å². The monoisotopic (exact) mass is 749 g/mol. The topological polar surface area (TPSA) is 38.7 Å². The zero-order chi connectivity index (χ0) is 39.6. The summed E-state index contributed by atoms with van der Waals surface area (Å²) >= 11 is 0. The SMILES string of the molecule is Cc1cc2c(cc1-c1nc(-c3cccc(-c4ccccc4)c3)nc(-c3cccc(C4(c5ccccc5)c5ccccc5-c5ccccc54)c3)n1)C(C)(C)CCC2(C)C. The number of aromatic nitrogens is 3. The minimum absolute atomic E-state index is 0.0456. The minimum Gasteiger partial charge on any atom is -0.208 e. The second kappa shape index (κ2) is 13.6. The first-order chi connectivity index (χ1) is 28.1. The Morgan fingerprint density at radius 2 is 0.828 bits per heavy atom. The summed E-state index contributed by atoms with van der Waals surface area (Å²) < 4.78 is 0. The highest BCUT2D eigenvalue weighted by atomic mass is 15.0. The number of hydrogen-bond donors (Lipinski definition) is 0. The zero-order valence-corrected chi connectivity index (χ0v) is 33.9. The summed E-state index contributed by atoms with van der Waals surface area (Å²) in [6.45, 7) is 11.7. The van der Waals surface area contributed by atoms with Crippen molar-refractivity contribution in [2.24, 2.45) is 0 Å². The fourth-order valence-corrected chi connectivity index (χ4v) is 9.79. The second-order valence-electron chi connectivity index (χ2n) is 17.5. The lowest BCUT2D eigenvalue weighted by Crippen LogP contribution is -2.34. The fraction of sp³-hybridized carbons (Fsp3) is 0.182. The van der Waals surface area contributed by atoms with Gasteiger partial charge in [-0.15, -0.1) is 0 Å². The number of nitrogens with zero attached hydrogens (tertiary/aromatic N) is 3. The van der Waals surface area contributed by atoms with Gasteiger partial charge in [0.2, 0.25) is 0 Å². The van der Waals surface area contributed by atoms with Gasteiger partial charge in [0.1, 0.15) is 0 Å². The molecule has 1 heterocycles. The molecule has 0 spiro atoms. The van der Waals surface area contributed by atoms with Crippen LogP contribution in [0.15, 0.2) is 170 Å². The van der Waals surface area contributed by atoms with Gasteiger partial charge in [-0.05, 0) is 110 Å². The summed E-state index contributed by atoms with van der Waals surface area (Å²) in [5.41, 5.74) is 16.4. The third-order valence-electron chi connectivity index (χ3n) is 13.0. The second-order valence-corrected chi connectivity index (χ2v) is 17.5. The highest BCUT2D eigenvalue weighted by Crippen LogP contribution is 2.56. The molecule has 0 unspecified atom stereocenters. The maximum absolute atomic E-state index is 5.40. The van der Waals surface area contributed by atoms with E-state index in [-0.39, 0.29) is 10.8 Å². The van der Waals surface area contributed by atoms with E-state index in [2.05, 4.69) is 204 Å². The van der Waals surface area contributed by atoms with Gasteiger partial charge in [0.05, 0.1) is 5.41 Å². The quantitative estimate of drug-likeness (QED) is 0.170. The van der Waals surface area contributed by atoms with Crippen molar-refractivity contribution in [2.45, 2.75) is 63.7 Å². The molecule has 0 saturated heterocycles. The summed E-state index contributed by atoms with van der Waals surface area (Å²) in [6, 6.07) is 61.6. The highest BCUT2D eigenvalue weighted by Gasteiger charge is 2.46. The molecule has 0 radical (unpaired) electrons. The van der Waals surface area contributed by atoms with Gasteiger partial charge in [0.25, 0.3) is 0 Å². The third kappa shape index (κ3) is 5.75. The Balaban J connectivity index is 1.21. The first-order valence-electron chi connectivity index (χ1n) is 20.6. The van der Waals surface area contributed by atoms with Gasteiger partial charge in [-0.3, -0.25) is 0 Å². The Kier molecular flexibility index (Phi) is 8.42. The summed E-state index contributed by atoms with van der Waals surface area (Å²) in [5, 5.41) is 0. The van der Waals surface area contributed by atoms with Gasteiger partial charge in [-0.1, -0.05) is 179 Å². The molecular formula is C55H47N3. The largest absolute Gasteiger partial charge is 0.208 e. The Morgan fingerprint density at radius 3 is 1.47 bits per heavy atom. The molecule has 0 amide bonds. The lowest BCUT2D eigenvalue weighted by atomic mass is 9.62. The van der Waals surface area contributed by atoms with Crippen LogP contribution in [0.2, 0.25) is 0 Å². The van der Waals surface area contributed by atoms with E-state index in [1.807, 2.05) is 0 Å². The molecule has 0 N–H and O–H groups in total. The Labute approximate surface area is 342 Å². The molecule has 3 nitrogen and oxygen atoms in total. The molecule has 0 saturated carbocycles. The molecule has 3 heteroatoms. The van der Waals surface area contributed by atoms with E-state index in [1.165, 1.54) is 56.5 Å². The van der Waals surface area contributed by atoms with Crippen LogP contribution in [-0.2, 0) is 16.2 Å². The number of fused-ring (bicyclic) bond motifs is 4. The van der Waals surface area contributed by atoms with Gasteiger partial charge in [-0.2, -0.15) is 0 Å². The first-order valence-corrected chi connectivity index (χ1v) is 20.6. The van der Waals surface area contributed by atoms with E-state index in [0.29, 0.717) is 17.5 Å². The maximum Gasteiger partial charge on any atom is 0.164 e. The number of benzene rings is 7. The van der Waals surface area contributed by atoms with Crippen LogP contribution in [0.25, 0.3) is 56.4 Å². The van der Waals surface area contributed by atoms with Crippen LogP contribution < -0.4 is 0 Å². The molecule has 58 heavy (non-hydrogen) atoms. The van der Waals surface area contributed by atoms with Crippen molar-refractivity contribution in [1.82, 2.24) is 15.0 Å². The molecule has 0 aliphatic heterocycles. The molecule has 8 aromatic rings. The zero-order valence-electron chi connectivity index (χ0n) is 33.9. The van der Waals surface area contributed by atoms with Crippen molar-refractivity contribution in [1.29, 1.82) is 0 Å². The predicted molar refractivity (Wildman–Crippen MR) is 239 cm³/mol. The maximum atomic E-state index is 5.40. The van der Waals surface area contributed by atoms with E-state index in [9.17, 15) is 0 Å². The van der Waals surface area contributed by atoms with Crippen LogP contribution in [0.5, 0.6) is 0 Å². The first kappa shape index (κ1) is 35.9. The van der Waals surface area contributed by atoms with Gasteiger partial charge < -0.3 is 0 Å². The van der Waals surface area contributed by atoms with Crippen LogP contribution >= 0.6 is 0 Å². The Hall–Kier alpha value is -6.45. The van der Waals surface area contributed by atoms with Crippen molar-refractivity contribution in [3.05, 3.63) is 209 Å². The summed E-state index contributed by atoms with van der Waals surface area (Å²) in [6.07, 6.45) is 2.30. The van der Waals surface area contributed by atoms with Crippen molar-refractivity contribution in [3.63, 3.8) is 0 Å². The van der Waals surface area contributed by atoms with E-state index < -0.39 is 5.41 Å². The summed E-state index contributed by atoms with van der Waals surface area (Å²) in [7, 11) is 0. The molecule has 0 bridgehead atoms. The van der Waals surface area contributed by atoms with E-state index in [4.69, 9.17) is 15.0 Å². The molecule has 2 aliphatic rings. The van der Waals surface area contributed by atoms with Gasteiger partial charge in [0, 0.05) is 16.7 Å². The Morgan fingerprint density at radius 1 is 0.362 bits per heavy atom. The van der Waals surface area contributed by atoms with E-state index in [1.54, 1.807) is 0 Å². The summed E-state index contributed by atoms with van der Waals surface area (Å²) in [5.74, 6) is 2.02. The molecule has 0 fully saturated rings. The molecule has 2 aliphatic carbocycles. The molecule has 10 rings (SSSR count). The number of aryl methyl sites for hydroxylation is 1. The van der Waals surface area contributed by atoms with Crippen LogP contribution in [0.3, 0.4) is 0 Å². The van der Waals surface area contributed by atoms with Crippen molar-refractivity contribution < 1.29 is 0 Å². The van der Waals surface area contributed by atoms with E-state index in [0.717, 1.165) is 34.2 Å². The number of rotatable bonds is 6. The number of hydrogen-bond acceptors (Lipinski definition) is 3. The van der Waals surface area contributed by atoms with Crippen LogP contribution in [0, 0.1) is 6.92 Å². The Bertz CT molecular complexity index is 2810. The average molecular weight is 750 g/mol. The molecule has 7 aromatic carbocycles. The smallest absolute Gasteiger partial charge is 0.164 e. The lowest BCUT2D eigenvalue weighted by Gasteiger charge is -2.42. The van der Waals surface area contributed by atoms with Crippen molar-refractivity contribution in [3.8, 4) is 56.4 Å². The lowest BCUT2D eigenvalue weighted by molar-refractivity contribution is 0.332. The van der Waals surface area contributed by atoms with Gasteiger partial charge in [0.15, 0.2) is 17.5 Å². The standard InChI is InChI=1S/C55H47N3/c1-36-32-48-49(54(4,5)31-30-53(48,2)3)35-45(36)52-57-50(39-21-16-20-38(33-39)37-18-8-6-9-19-37)56-51(58-52)40-22-17-25-42(34-40)55(41-23-10-7-11-24-41)46-28-14-12-26-43(46)44-27-13-15-29-47(44)55/h6-29,32-35H,30-31H2,1-5H3. The molecule has 1 aromatic heterocycles. The van der Waals surface area contributed by atoms with Crippen LogP contribution in [-0.4, -0.2) is 15.0 Å².